The summed E-state index contributed by atoms with van der Waals surface area (Å²) in [5.74, 6) is 0.881. The van der Waals surface area contributed by atoms with Crippen LogP contribution in [-0.4, -0.2) is 100 Å². The van der Waals surface area contributed by atoms with E-state index in [2.05, 4.69) is 65.8 Å². The fourth-order valence-electron chi connectivity index (χ4n) is 8.15. The quantitative estimate of drug-likeness (QED) is 0.131. The molecule has 0 fully saturated rings. The number of anilines is 4. The largest absolute Gasteiger partial charge is 0.481 e. The highest BCUT2D eigenvalue weighted by Gasteiger charge is 2.31. The molecule has 17 heteroatoms. The Morgan fingerprint density at radius 1 is 0.746 bits per heavy atom. The molecule has 302 valence electrons. The molecule has 0 radical (unpaired) electrons. The van der Waals surface area contributed by atoms with Crippen LogP contribution >= 0.6 is 22.7 Å². The molecule has 3 N–H and O–H groups in total. The van der Waals surface area contributed by atoms with Crippen LogP contribution in [0.2, 0.25) is 0 Å². The Morgan fingerprint density at radius 2 is 1.27 bits per heavy atom. The highest BCUT2D eigenvalue weighted by molar-refractivity contribution is 7.19. The minimum Gasteiger partial charge on any atom is -0.481 e. The van der Waals surface area contributed by atoms with Crippen molar-refractivity contribution in [3.63, 3.8) is 0 Å². The molecule has 0 saturated heterocycles. The molecule has 0 bridgehead atoms. The lowest BCUT2D eigenvalue weighted by Gasteiger charge is -2.27. The van der Waals surface area contributed by atoms with E-state index >= 15 is 0 Å². The number of carbonyl (C=O) groups is 2. The first-order valence-electron chi connectivity index (χ1n) is 19.7. The van der Waals surface area contributed by atoms with Gasteiger partial charge in [-0.15, -0.1) is 22.7 Å². The number of rotatable bonds is 10. The van der Waals surface area contributed by atoms with Gasteiger partial charge >= 0.3 is 5.97 Å². The molecule has 8 aromatic heterocycles. The summed E-state index contributed by atoms with van der Waals surface area (Å²) in [6.07, 6.45) is 16.1. The highest BCUT2D eigenvalue weighted by Crippen LogP contribution is 2.42. The lowest BCUT2D eigenvalue weighted by Crippen LogP contribution is -2.36. The van der Waals surface area contributed by atoms with Crippen LogP contribution in [0.15, 0.2) is 73.8 Å². The van der Waals surface area contributed by atoms with Crippen molar-refractivity contribution in [2.75, 3.05) is 44.9 Å². The molecule has 0 aromatic carbocycles. The molecular weight excluding hydrogens is 785 g/mol. The Balaban J connectivity index is 0.000000156. The van der Waals surface area contributed by atoms with Crippen molar-refractivity contribution in [1.82, 2.24) is 49.0 Å². The zero-order valence-corrected chi connectivity index (χ0v) is 34.6. The van der Waals surface area contributed by atoms with Crippen LogP contribution in [0.4, 0.5) is 23.0 Å². The molecule has 0 saturated carbocycles. The number of pyridine rings is 2. The Morgan fingerprint density at radius 3 is 1.80 bits per heavy atom. The van der Waals surface area contributed by atoms with Gasteiger partial charge in [0.2, 0.25) is 5.91 Å². The molecule has 8 heterocycles. The van der Waals surface area contributed by atoms with Gasteiger partial charge in [0.1, 0.15) is 34.0 Å². The number of amides is 1. The average Bonchev–Trinajstić information content (AvgIpc) is 4.05. The summed E-state index contributed by atoms with van der Waals surface area (Å²) in [5, 5.41) is 26.8. The summed E-state index contributed by atoms with van der Waals surface area (Å²) in [6, 6.07) is 11.9. The van der Waals surface area contributed by atoms with Gasteiger partial charge in [-0.3, -0.25) is 9.59 Å². The van der Waals surface area contributed by atoms with Crippen LogP contribution in [0.1, 0.15) is 40.1 Å². The zero-order valence-electron chi connectivity index (χ0n) is 33.0. The minimum atomic E-state index is -0.716. The molecule has 1 amide bonds. The van der Waals surface area contributed by atoms with Gasteiger partial charge < -0.3 is 25.5 Å². The van der Waals surface area contributed by atoms with Crippen LogP contribution in [0.25, 0.3) is 31.5 Å². The molecule has 10 rings (SSSR count). The first kappa shape index (κ1) is 38.5. The Bertz CT molecular complexity index is 2830. The van der Waals surface area contributed by atoms with E-state index in [4.69, 9.17) is 0 Å². The van der Waals surface area contributed by atoms with Crippen LogP contribution in [-0.2, 0) is 35.3 Å². The number of carboxylic acids is 1. The topological polar surface area (TPSA) is 171 Å². The highest BCUT2D eigenvalue weighted by atomic mass is 32.1. The summed E-state index contributed by atoms with van der Waals surface area (Å²) < 4.78 is 3.64. The number of aromatic nitrogens is 8. The van der Waals surface area contributed by atoms with Gasteiger partial charge in [0.25, 0.3) is 0 Å². The first-order valence-corrected chi connectivity index (χ1v) is 21.4. The van der Waals surface area contributed by atoms with Crippen LogP contribution in [0.3, 0.4) is 0 Å². The van der Waals surface area contributed by atoms with Crippen molar-refractivity contribution >= 4 is 89.0 Å². The number of aliphatic carboxylic acids is 1. The Kier molecular flexibility index (Phi) is 10.6. The van der Waals surface area contributed by atoms with Crippen molar-refractivity contribution in [3.8, 4) is 0 Å². The van der Waals surface area contributed by atoms with Crippen molar-refractivity contribution in [2.45, 2.75) is 44.9 Å². The second-order valence-corrected chi connectivity index (χ2v) is 17.6. The van der Waals surface area contributed by atoms with Gasteiger partial charge in [0.15, 0.2) is 0 Å². The maximum atomic E-state index is 13.1. The first-order chi connectivity index (χ1) is 28.7. The van der Waals surface area contributed by atoms with Gasteiger partial charge in [-0.25, -0.2) is 29.0 Å². The van der Waals surface area contributed by atoms with Crippen LogP contribution < -0.4 is 10.6 Å². The third-order valence-electron chi connectivity index (χ3n) is 11.2. The van der Waals surface area contributed by atoms with E-state index in [1.54, 1.807) is 52.2 Å². The van der Waals surface area contributed by atoms with E-state index in [-0.39, 0.29) is 17.7 Å². The zero-order chi connectivity index (χ0) is 40.6. The monoisotopic (exact) mass is 828 g/mol. The van der Waals surface area contributed by atoms with E-state index in [1.807, 2.05) is 59.2 Å². The van der Waals surface area contributed by atoms with E-state index in [1.165, 1.54) is 16.0 Å². The van der Waals surface area contributed by atoms with Gasteiger partial charge in [0.05, 0.1) is 27.7 Å². The van der Waals surface area contributed by atoms with Crippen LogP contribution in [0, 0.1) is 11.8 Å². The number of carboxylic acid groups (broad SMARTS) is 1. The average molecular weight is 829 g/mol. The van der Waals surface area contributed by atoms with Crippen molar-refractivity contribution in [3.05, 3.63) is 94.7 Å². The summed E-state index contributed by atoms with van der Waals surface area (Å²) in [4.78, 5) is 50.7. The molecule has 0 aliphatic heterocycles. The molecular formula is C42H44N12O3S2. The fraction of sp³-hybridized carbons (Fsp3) is 0.333. The maximum Gasteiger partial charge on any atom is 0.306 e. The van der Waals surface area contributed by atoms with E-state index in [9.17, 15) is 14.7 Å². The second-order valence-electron chi connectivity index (χ2n) is 15.4. The molecule has 2 aliphatic carbocycles. The molecule has 2 aliphatic rings. The van der Waals surface area contributed by atoms with Gasteiger partial charge in [-0.05, 0) is 113 Å². The fourth-order valence-corrected chi connectivity index (χ4v) is 10.7. The number of aryl methyl sites for hydroxylation is 2. The van der Waals surface area contributed by atoms with Gasteiger partial charge in [-0.1, -0.05) is 0 Å². The lowest BCUT2D eigenvalue weighted by atomic mass is 9.87. The predicted octanol–water partition coefficient (Wildman–Crippen LogP) is 6.87. The van der Waals surface area contributed by atoms with Crippen molar-refractivity contribution in [1.29, 1.82) is 0 Å². The molecule has 15 nitrogen and oxygen atoms in total. The molecule has 0 spiro atoms. The standard InChI is InChI=1S/C24H29N7OS.C18H15N5O2S/c1-29(2)10-4-11-30(3)24(32)16-5-6-19-20(13-16)33-23-21(19)22(25-15-26-23)28-17-8-12-31-18(14-17)7-9-27-31;24-18(25)10-1-2-13-14(7-10)26-17-15(13)16(19-9-20-17)22-11-4-6-23-12(8-11)3-5-21-23/h7-9,12,14-16H,4-6,10-11,13H2,1-3H3,(H,25,26,28);3-6,8-10H,1-2,7H2,(H,24,25)(H,19,20,22)/t16-;10-/m00/s1. The maximum absolute atomic E-state index is 13.1. The number of nitrogens with zero attached hydrogens (tertiary/aromatic N) is 10. The number of hydrogen-bond acceptors (Lipinski definition) is 13. The van der Waals surface area contributed by atoms with Crippen molar-refractivity contribution < 1.29 is 14.7 Å². The lowest BCUT2D eigenvalue weighted by molar-refractivity contribution is -0.142. The number of fused-ring (bicyclic) bond motifs is 8. The summed E-state index contributed by atoms with van der Waals surface area (Å²) in [6.45, 7) is 1.79. The van der Waals surface area contributed by atoms with Crippen LogP contribution in [0.5, 0.6) is 0 Å². The number of hydrogen-bond donors (Lipinski definition) is 3. The van der Waals surface area contributed by atoms with E-state index < -0.39 is 5.97 Å². The van der Waals surface area contributed by atoms with E-state index in [0.717, 1.165) is 105 Å². The van der Waals surface area contributed by atoms with Crippen molar-refractivity contribution in [2.24, 2.45) is 11.8 Å². The summed E-state index contributed by atoms with van der Waals surface area (Å²) in [5.41, 5.74) is 6.40. The Hall–Kier alpha value is -6.04. The number of carbonyl (C=O) groups excluding carboxylic acids is 1. The summed E-state index contributed by atoms with van der Waals surface area (Å²) >= 11 is 3.28. The SMILES string of the molecule is CN(C)CCCN(C)C(=O)[C@H]1CCc2c(sc3ncnc(Nc4ccn5nccc5c4)c23)C1.O=C(O)[C@H]1CCc2c(sc3ncnc(Nc4ccn5nccc5c4)c23)C1. The second kappa shape index (κ2) is 16.3. The molecule has 59 heavy (non-hydrogen) atoms. The third-order valence-corrected chi connectivity index (χ3v) is 13.5. The normalized spacial score (nSPS) is 16.2. The smallest absolute Gasteiger partial charge is 0.306 e. The molecule has 8 aromatic rings. The number of nitrogens with one attached hydrogen (secondary N) is 2. The Labute approximate surface area is 347 Å². The molecule has 0 unspecified atom stereocenters. The predicted molar refractivity (Wildman–Crippen MR) is 231 cm³/mol. The van der Waals surface area contributed by atoms with E-state index in [0.29, 0.717) is 12.8 Å². The third kappa shape index (κ3) is 7.92. The van der Waals surface area contributed by atoms with Gasteiger partial charge in [-0.2, -0.15) is 10.2 Å². The van der Waals surface area contributed by atoms with Gasteiger partial charge in [0, 0.05) is 65.4 Å². The minimum absolute atomic E-state index is 0.0450. The summed E-state index contributed by atoms with van der Waals surface area (Å²) in [7, 11) is 6.06. The number of thiophene rings is 2. The molecule has 2 atom stereocenters.